The molecule has 248 valence electrons. The number of hydrogen-bond acceptors (Lipinski definition) is 8. The van der Waals surface area contributed by atoms with E-state index in [0.717, 1.165) is 30.4 Å². The predicted octanol–water partition coefficient (Wildman–Crippen LogP) is 5.08. The Bertz CT molecular complexity index is 1860. The normalized spacial score (nSPS) is 30.9. The highest BCUT2D eigenvalue weighted by atomic mass is 35.5. The van der Waals surface area contributed by atoms with Gasteiger partial charge in [0.15, 0.2) is 0 Å². The Morgan fingerprint density at radius 3 is 2.78 bits per heavy atom. The van der Waals surface area contributed by atoms with Crippen molar-refractivity contribution in [3.05, 3.63) is 64.7 Å². The fourth-order valence-electron chi connectivity index (χ4n) is 7.05. The van der Waals surface area contributed by atoms with Crippen LogP contribution in [0.25, 0.3) is 0 Å². The Kier molecular flexibility index (Phi) is 6.94. The molecule has 2 aromatic rings. The third-order valence-corrected chi connectivity index (χ3v) is 11.3. The summed E-state index contributed by atoms with van der Waals surface area (Å²) in [5, 5.41) is 0.630. The van der Waals surface area contributed by atoms with Crippen molar-refractivity contribution in [2.45, 2.75) is 68.0 Å². The third kappa shape index (κ3) is 6.33. The van der Waals surface area contributed by atoms with Crippen molar-refractivity contribution in [1.29, 1.82) is 0 Å². The van der Waals surface area contributed by atoms with Crippen LogP contribution < -0.4 is 14.4 Å². The molecule has 1 spiro atoms. The van der Waals surface area contributed by atoms with Gasteiger partial charge in [0.25, 0.3) is 15.9 Å². The molecule has 0 aromatic heterocycles. The van der Waals surface area contributed by atoms with E-state index in [-0.39, 0.29) is 28.2 Å². The molecule has 1 fully saturated rings. The molecule has 0 saturated heterocycles. The van der Waals surface area contributed by atoms with Gasteiger partial charge in [-0.2, -0.15) is 0 Å². The minimum absolute atomic E-state index is 0.144. The lowest BCUT2D eigenvalue weighted by Gasteiger charge is -2.46. The molecule has 2 amide bonds. The summed E-state index contributed by atoms with van der Waals surface area (Å²) in [6.07, 6.45) is 4.20. The zero-order valence-corrected chi connectivity index (χ0v) is 27.3. The maximum Gasteiger partial charge on any atom is 0.409 e. The molecule has 1 N–H and O–H groups in total. The number of benzene rings is 2. The number of nitrogens with zero attached hydrogens (tertiary/aromatic N) is 2. The van der Waals surface area contributed by atoms with Gasteiger partial charge in [0.2, 0.25) is 0 Å². The average Bonchev–Trinajstić information content (AvgIpc) is 3.16. The van der Waals surface area contributed by atoms with E-state index < -0.39 is 53.1 Å². The summed E-state index contributed by atoms with van der Waals surface area (Å²) < 4.78 is 93.6. The van der Waals surface area contributed by atoms with Crippen molar-refractivity contribution in [2.75, 3.05) is 45.2 Å². The molecular weight excluding hydrogens is 630 g/mol. The maximum atomic E-state index is 13.6. The van der Waals surface area contributed by atoms with Gasteiger partial charge < -0.3 is 24.0 Å². The molecule has 2 heterocycles. The van der Waals surface area contributed by atoms with E-state index in [2.05, 4.69) is 9.62 Å². The first-order valence-electron chi connectivity index (χ1n) is 18.4. The Labute approximate surface area is 284 Å². The van der Waals surface area contributed by atoms with Gasteiger partial charge in [-0.05, 0) is 99.4 Å². The molecule has 2 aliphatic heterocycles. The number of carbonyl (C=O) groups is 2. The number of fused-ring (bicyclic) bond motifs is 4. The summed E-state index contributed by atoms with van der Waals surface area (Å²) in [6.45, 7) is -2.87. The lowest BCUT2D eigenvalue weighted by molar-refractivity contribution is -0.139. The number of ether oxygens (including phenoxy) is 3. The molecule has 2 bridgehead atoms. The number of amides is 2. The molecule has 2 aliphatic carbocycles. The van der Waals surface area contributed by atoms with Gasteiger partial charge in [0.1, 0.15) is 17.5 Å². The quantitative estimate of drug-likeness (QED) is 0.416. The third-order valence-electron chi connectivity index (χ3n) is 9.73. The number of nitrogens with one attached hydrogen (secondary N) is 1. The Morgan fingerprint density at radius 2 is 2.02 bits per heavy atom. The maximum absolute atomic E-state index is 13.6. The summed E-state index contributed by atoms with van der Waals surface area (Å²) >= 11 is 6.40. The van der Waals surface area contributed by atoms with Gasteiger partial charge in [-0.3, -0.25) is 4.79 Å². The van der Waals surface area contributed by atoms with Crippen LogP contribution in [0, 0.1) is 11.8 Å². The second kappa shape index (κ2) is 12.4. The van der Waals surface area contributed by atoms with Crippen molar-refractivity contribution in [1.82, 2.24) is 9.62 Å². The highest BCUT2D eigenvalue weighted by Gasteiger charge is 2.45. The SMILES string of the molecule is [2H]C([2H])([2H])N(C(=O)O[C@H]1C=CCOC(C)(C)C(=O)NS(=O)(=O)c2ccc3c(c2)N(C[C@@H]2CC[C@H]21)C[C@@]1(CCCc2cc(Cl)ccc21)CO3)C([2H])([2H])[2H]. The van der Waals surface area contributed by atoms with Crippen LogP contribution in [0.1, 0.15) is 58.9 Å². The summed E-state index contributed by atoms with van der Waals surface area (Å²) in [5.74, 6) is -0.983. The minimum atomic E-state index is -4.34. The molecule has 10 nitrogen and oxygen atoms in total. The molecule has 2 aromatic carbocycles. The number of hydrogen-bond donors (Lipinski definition) is 1. The molecule has 46 heavy (non-hydrogen) atoms. The van der Waals surface area contributed by atoms with E-state index in [4.69, 9.17) is 34.0 Å². The standard InChI is InChI=1S/C34H42ClN3O7S/c1-33(2)31(39)36-46(41,42)25-11-14-30-28(18-25)38(20-34(21-43-30)15-5-7-22-17-24(35)10-13-27(22)34)19-23-9-12-26(23)29(8-6-16-44-33)45-32(40)37(3)4/h6,8,10-11,13-14,17-18,23,26,29H,5,7,9,12,15-16,19-21H2,1-4H3,(H,36,39)/t23-,26+,29-,34-/m0/s1/i3D3,4D3. The van der Waals surface area contributed by atoms with Crippen LogP contribution in [0.5, 0.6) is 5.75 Å². The summed E-state index contributed by atoms with van der Waals surface area (Å²) in [4.78, 5) is 28.3. The number of carbonyl (C=O) groups excluding carboxylic acids is 2. The second-order valence-corrected chi connectivity index (χ2v) is 15.2. The largest absolute Gasteiger partial charge is 0.490 e. The van der Waals surface area contributed by atoms with Crippen LogP contribution in [0.2, 0.25) is 5.02 Å². The van der Waals surface area contributed by atoms with Crippen LogP contribution in [0.15, 0.2) is 53.4 Å². The zero-order valence-electron chi connectivity index (χ0n) is 31.8. The molecule has 1 saturated carbocycles. The summed E-state index contributed by atoms with van der Waals surface area (Å²) in [7, 11) is -4.34. The zero-order chi connectivity index (χ0) is 37.9. The first kappa shape index (κ1) is 25.8. The first-order chi connectivity index (χ1) is 24.2. The highest BCUT2D eigenvalue weighted by Crippen LogP contribution is 2.47. The first-order valence-corrected chi connectivity index (χ1v) is 17.3. The monoisotopic (exact) mass is 677 g/mol. The summed E-state index contributed by atoms with van der Waals surface area (Å²) in [5.41, 5.74) is 0.604. The fraction of sp³-hybridized carbons (Fsp3) is 0.529. The van der Waals surface area contributed by atoms with Crippen LogP contribution in [0.4, 0.5) is 10.5 Å². The number of anilines is 1. The van der Waals surface area contributed by atoms with E-state index >= 15 is 0 Å². The van der Waals surface area contributed by atoms with Crippen molar-refractivity contribution >= 4 is 39.3 Å². The van der Waals surface area contributed by atoms with Crippen LogP contribution in [-0.4, -0.2) is 77.3 Å². The van der Waals surface area contributed by atoms with Gasteiger partial charge >= 0.3 is 6.09 Å². The second-order valence-electron chi connectivity index (χ2n) is 13.1. The van der Waals surface area contributed by atoms with E-state index in [9.17, 15) is 18.0 Å². The van der Waals surface area contributed by atoms with E-state index in [0.29, 0.717) is 49.0 Å². The molecular formula is C34H42ClN3O7S. The summed E-state index contributed by atoms with van der Waals surface area (Å²) in [6, 6.07) is 10.3. The van der Waals surface area contributed by atoms with Gasteiger partial charge in [-0.1, -0.05) is 23.7 Å². The van der Waals surface area contributed by atoms with Crippen molar-refractivity contribution < 1.29 is 40.4 Å². The lowest BCUT2D eigenvalue weighted by atomic mass is 9.68. The van der Waals surface area contributed by atoms with E-state index in [1.165, 1.54) is 38.1 Å². The smallest absolute Gasteiger partial charge is 0.409 e. The molecule has 12 heteroatoms. The van der Waals surface area contributed by atoms with Crippen molar-refractivity contribution in [2.24, 2.45) is 11.8 Å². The van der Waals surface area contributed by atoms with Crippen LogP contribution >= 0.6 is 11.6 Å². The van der Waals surface area contributed by atoms with Crippen LogP contribution in [-0.2, 0) is 36.1 Å². The van der Waals surface area contributed by atoms with E-state index in [1.54, 1.807) is 6.07 Å². The molecule has 6 rings (SSSR count). The molecule has 0 unspecified atom stereocenters. The Balaban J connectivity index is 1.43. The highest BCUT2D eigenvalue weighted by molar-refractivity contribution is 7.90. The number of aryl methyl sites for hydroxylation is 1. The minimum Gasteiger partial charge on any atom is -0.490 e. The van der Waals surface area contributed by atoms with Crippen molar-refractivity contribution in [3.63, 3.8) is 0 Å². The van der Waals surface area contributed by atoms with E-state index in [1.807, 2.05) is 18.2 Å². The lowest BCUT2D eigenvalue weighted by Crippen LogP contribution is -2.50. The number of sulfonamides is 1. The fourth-order valence-corrected chi connectivity index (χ4v) is 8.37. The predicted molar refractivity (Wildman–Crippen MR) is 175 cm³/mol. The molecule has 4 atom stereocenters. The number of rotatable bonds is 1. The Hall–Kier alpha value is -3.28. The number of halogens is 1. The van der Waals surface area contributed by atoms with Gasteiger partial charge in [-0.15, -0.1) is 0 Å². The van der Waals surface area contributed by atoms with Crippen LogP contribution in [0.3, 0.4) is 0 Å². The van der Waals surface area contributed by atoms with Gasteiger partial charge in [-0.25, -0.2) is 17.9 Å². The Morgan fingerprint density at radius 1 is 1.20 bits per heavy atom. The molecule has 4 aliphatic rings. The van der Waals surface area contributed by atoms with Gasteiger partial charge in [0.05, 0.1) is 23.8 Å². The topological polar surface area (TPSA) is 114 Å². The average molecular weight is 678 g/mol. The van der Waals surface area contributed by atoms with Crippen molar-refractivity contribution in [3.8, 4) is 5.75 Å². The van der Waals surface area contributed by atoms with Gasteiger partial charge in [0, 0.05) is 51.6 Å². The molecule has 0 radical (unpaired) electrons.